The average Bonchev–Trinajstić information content (AvgIpc) is 3.93. The minimum atomic E-state index is -0.906. The summed E-state index contributed by atoms with van der Waals surface area (Å²) in [6, 6.07) is 29.0. The molecular formula is C45H49BrN8O6. The van der Waals surface area contributed by atoms with Crippen LogP contribution in [0, 0.1) is 0 Å². The number of alkyl carbamates (subject to hydrolysis) is 2. The maximum Gasteiger partial charge on any atom is 0.407 e. The number of nitrogens with zero attached hydrogens (tertiary/aromatic N) is 4. The largest absolute Gasteiger partial charge is 0.453 e. The molecular weight excluding hydrogens is 828 g/mol. The van der Waals surface area contributed by atoms with Crippen molar-refractivity contribution < 1.29 is 28.7 Å². The van der Waals surface area contributed by atoms with E-state index in [9.17, 15) is 19.2 Å². The second kappa shape index (κ2) is 19.5. The molecule has 60 heavy (non-hydrogen) atoms. The van der Waals surface area contributed by atoms with E-state index in [0.717, 1.165) is 50.8 Å². The number of carbonyl (C=O) groups is 4. The lowest BCUT2D eigenvalue weighted by atomic mass is 9.98. The van der Waals surface area contributed by atoms with E-state index in [2.05, 4.69) is 93.7 Å². The third kappa shape index (κ3) is 11.2. The van der Waals surface area contributed by atoms with Crippen LogP contribution in [-0.4, -0.2) is 91.9 Å². The van der Waals surface area contributed by atoms with Gasteiger partial charge >= 0.3 is 12.2 Å². The van der Waals surface area contributed by atoms with E-state index in [4.69, 9.17) is 4.74 Å². The molecule has 0 aliphatic carbocycles. The molecule has 1 unspecified atom stereocenters. The summed E-state index contributed by atoms with van der Waals surface area (Å²) in [6.07, 6.45) is 2.90. The third-order valence-corrected chi connectivity index (χ3v) is 9.99. The molecule has 2 aromatic heterocycles. The molecule has 15 heteroatoms. The summed E-state index contributed by atoms with van der Waals surface area (Å²) in [6.45, 7) is 7.09. The molecule has 4 amide bonds. The Morgan fingerprint density at radius 3 is 1.88 bits per heavy atom. The molecule has 0 saturated heterocycles. The second-order valence-corrected chi connectivity index (χ2v) is 17.0. The first kappa shape index (κ1) is 43.1. The van der Waals surface area contributed by atoms with Crippen LogP contribution >= 0.6 is 15.9 Å². The Bertz CT molecular complexity index is 2430. The Labute approximate surface area is 357 Å². The standard InChI is InChI=1S/C45H49BrN8O6/c1-6-20-53(42(56)41(52-44(58)60-5)31-10-8-7-9-11-31)26-38-48-24-37(51-38)35-19-18-33-21-32(16-17-34(33)22-35)29-12-14-30(15-13-29)36-23-47-39(50-36)27-54(28-45(2,3)46)40(55)25-49-43(57)59-4/h7-19,21-24,41H,6,20,25-28H2,1-5H3,(H,47,50)(H,48,51)(H,49,57)(H,52,58). The number of carbonyl (C=O) groups excluding carboxylic acids is 4. The van der Waals surface area contributed by atoms with Gasteiger partial charge in [-0.15, -0.1) is 0 Å². The van der Waals surface area contributed by atoms with Crippen LogP contribution in [0.5, 0.6) is 0 Å². The van der Waals surface area contributed by atoms with E-state index in [1.807, 2.05) is 57.2 Å². The quantitative estimate of drug-likeness (QED) is 0.0709. The molecule has 1 atom stereocenters. The maximum absolute atomic E-state index is 13.8. The number of hydrogen-bond acceptors (Lipinski definition) is 8. The number of benzene rings is 4. The van der Waals surface area contributed by atoms with Crippen molar-refractivity contribution in [2.24, 2.45) is 0 Å². The molecule has 6 aromatic rings. The number of nitrogens with one attached hydrogen (secondary N) is 4. The number of halogens is 1. The summed E-state index contributed by atoms with van der Waals surface area (Å²) in [5, 5.41) is 7.29. The lowest BCUT2D eigenvalue weighted by Gasteiger charge is -2.28. The zero-order valence-corrected chi connectivity index (χ0v) is 35.8. The Morgan fingerprint density at radius 2 is 1.28 bits per heavy atom. The maximum atomic E-state index is 13.8. The Morgan fingerprint density at radius 1 is 0.733 bits per heavy atom. The number of aromatic nitrogens is 4. The minimum absolute atomic E-state index is 0.189. The Balaban J connectivity index is 1.12. The predicted octanol–water partition coefficient (Wildman–Crippen LogP) is 7.98. The van der Waals surface area contributed by atoms with Crippen molar-refractivity contribution in [2.45, 2.75) is 50.6 Å². The summed E-state index contributed by atoms with van der Waals surface area (Å²) < 4.78 is 9.07. The predicted molar refractivity (Wildman–Crippen MR) is 234 cm³/mol. The van der Waals surface area contributed by atoms with E-state index in [-0.39, 0.29) is 35.8 Å². The average molecular weight is 878 g/mol. The molecule has 6 rings (SSSR count). The number of methoxy groups -OCH3 is 2. The van der Waals surface area contributed by atoms with Crippen LogP contribution in [-0.2, 0) is 32.2 Å². The van der Waals surface area contributed by atoms with Crippen molar-refractivity contribution in [3.63, 3.8) is 0 Å². The summed E-state index contributed by atoms with van der Waals surface area (Å²) in [5.74, 6) is 0.728. The van der Waals surface area contributed by atoms with E-state index >= 15 is 0 Å². The van der Waals surface area contributed by atoms with Gasteiger partial charge in [0.05, 0.1) is 51.1 Å². The number of imidazole rings is 2. The molecule has 0 aliphatic rings. The van der Waals surface area contributed by atoms with E-state index in [1.165, 1.54) is 14.2 Å². The van der Waals surface area contributed by atoms with Gasteiger partial charge in [-0.1, -0.05) is 102 Å². The fourth-order valence-corrected chi connectivity index (χ4v) is 7.13. The van der Waals surface area contributed by atoms with Crippen molar-refractivity contribution in [3.05, 3.63) is 121 Å². The summed E-state index contributed by atoms with van der Waals surface area (Å²) in [5.41, 5.74) is 6.34. The van der Waals surface area contributed by atoms with Gasteiger partial charge in [-0.3, -0.25) is 9.59 Å². The fourth-order valence-electron chi connectivity index (χ4n) is 6.82. The van der Waals surface area contributed by atoms with Crippen LogP contribution in [0.4, 0.5) is 9.59 Å². The molecule has 0 aliphatic heterocycles. The first-order valence-corrected chi connectivity index (χ1v) is 20.3. The molecule has 14 nitrogen and oxygen atoms in total. The van der Waals surface area contributed by atoms with Gasteiger partial charge in [0.25, 0.3) is 0 Å². The van der Waals surface area contributed by atoms with E-state index in [0.29, 0.717) is 30.3 Å². The molecule has 2 heterocycles. The number of alkyl halides is 1. The van der Waals surface area contributed by atoms with Gasteiger partial charge in [0.1, 0.15) is 24.2 Å². The van der Waals surface area contributed by atoms with Crippen molar-refractivity contribution in [1.29, 1.82) is 0 Å². The van der Waals surface area contributed by atoms with Crippen molar-refractivity contribution >= 4 is 50.7 Å². The first-order valence-electron chi connectivity index (χ1n) is 19.5. The molecule has 4 N–H and O–H groups in total. The smallest absolute Gasteiger partial charge is 0.407 e. The van der Waals surface area contributed by atoms with Gasteiger partial charge in [0.2, 0.25) is 11.8 Å². The summed E-state index contributed by atoms with van der Waals surface area (Å²) >= 11 is 3.62. The number of amides is 4. The van der Waals surface area contributed by atoms with Gasteiger partial charge in [-0.25, -0.2) is 19.6 Å². The lowest BCUT2D eigenvalue weighted by molar-refractivity contribution is -0.134. The summed E-state index contributed by atoms with van der Waals surface area (Å²) in [7, 11) is 2.52. The van der Waals surface area contributed by atoms with Crippen LogP contribution in [0.15, 0.2) is 103 Å². The molecule has 0 bridgehead atoms. The number of hydrogen-bond donors (Lipinski definition) is 4. The number of aromatic amines is 2. The fraction of sp³-hybridized carbons (Fsp3) is 0.289. The van der Waals surface area contributed by atoms with Gasteiger partial charge in [0, 0.05) is 23.0 Å². The zero-order valence-electron chi connectivity index (χ0n) is 34.3. The molecule has 4 aromatic carbocycles. The molecule has 312 valence electrons. The Kier molecular flexibility index (Phi) is 14.0. The zero-order chi connectivity index (χ0) is 42.8. The summed E-state index contributed by atoms with van der Waals surface area (Å²) in [4.78, 5) is 69.8. The van der Waals surface area contributed by atoms with Crippen LogP contribution in [0.2, 0.25) is 0 Å². The highest BCUT2D eigenvalue weighted by atomic mass is 79.9. The first-order chi connectivity index (χ1) is 28.8. The highest BCUT2D eigenvalue weighted by Crippen LogP contribution is 2.30. The van der Waals surface area contributed by atoms with Crippen LogP contribution < -0.4 is 10.6 Å². The number of fused-ring (bicyclic) bond motifs is 1. The number of H-pyrrole nitrogens is 2. The van der Waals surface area contributed by atoms with Gasteiger partial charge in [0.15, 0.2) is 0 Å². The SMILES string of the molecule is CCCN(Cc1ncc(-c2ccc3cc(-c4ccc(-c5cnc(CN(CC(C)(C)Br)C(=O)CNC(=O)OC)[nH]5)cc4)ccc3c2)[nH]1)C(=O)C(NC(=O)OC)c1ccccc1. The van der Waals surface area contributed by atoms with E-state index < -0.39 is 18.2 Å². The normalized spacial score (nSPS) is 11.8. The highest BCUT2D eigenvalue weighted by Gasteiger charge is 2.29. The van der Waals surface area contributed by atoms with Gasteiger partial charge in [-0.05, 0) is 65.4 Å². The second-order valence-electron chi connectivity index (χ2n) is 14.9. The minimum Gasteiger partial charge on any atom is -0.453 e. The highest BCUT2D eigenvalue weighted by molar-refractivity contribution is 9.10. The lowest BCUT2D eigenvalue weighted by Crippen LogP contribution is -2.44. The third-order valence-electron chi connectivity index (χ3n) is 9.74. The molecule has 0 saturated carbocycles. The van der Waals surface area contributed by atoms with E-state index in [1.54, 1.807) is 34.3 Å². The topological polar surface area (TPSA) is 175 Å². The van der Waals surface area contributed by atoms with Gasteiger partial charge in [-0.2, -0.15) is 0 Å². The van der Waals surface area contributed by atoms with Crippen molar-refractivity contribution in [3.8, 4) is 33.6 Å². The Hall–Kier alpha value is -6.48. The molecule has 0 radical (unpaired) electrons. The number of ether oxygens (including phenoxy) is 2. The van der Waals surface area contributed by atoms with Crippen LogP contribution in [0.3, 0.4) is 0 Å². The van der Waals surface area contributed by atoms with Crippen LogP contribution in [0.25, 0.3) is 44.4 Å². The number of rotatable bonds is 16. The van der Waals surface area contributed by atoms with Crippen LogP contribution in [0.1, 0.15) is 50.4 Å². The molecule has 0 spiro atoms. The monoisotopic (exact) mass is 876 g/mol. The van der Waals surface area contributed by atoms with Gasteiger partial charge < -0.3 is 39.9 Å². The van der Waals surface area contributed by atoms with Crippen molar-refractivity contribution in [1.82, 2.24) is 40.4 Å². The van der Waals surface area contributed by atoms with Crippen molar-refractivity contribution in [2.75, 3.05) is 33.9 Å². The molecule has 0 fully saturated rings.